The maximum atomic E-state index is 5.91. The monoisotopic (exact) mass is 182 g/mol. The van der Waals surface area contributed by atoms with Crippen LogP contribution in [-0.2, 0) is 0 Å². The van der Waals surface area contributed by atoms with E-state index >= 15 is 0 Å². The number of nitrogens with zero attached hydrogens (tertiary/aromatic N) is 1. The van der Waals surface area contributed by atoms with Gasteiger partial charge in [0, 0.05) is 12.1 Å². The zero-order valence-corrected chi connectivity index (χ0v) is 8.54. The smallest absolute Gasteiger partial charge is 0.00964 e. The van der Waals surface area contributed by atoms with E-state index < -0.39 is 0 Å². The van der Waals surface area contributed by atoms with E-state index in [1.807, 2.05) is 0 Å². The molecule has 76 valence electrons. The van der Waals surface area contributed by atoms with Crippen LogP contribution in [0.2, 0.25) is 0 Å². The molecule has 0 amide bonds. The SMILES string of the molecule is N[C@H]1CC[C@H](N2CCCCC2)CC1. The van der Waals surface area contributed by atoms with Crippen molar-refractivity contribution in [2.45, 2.75) is 57.0 Å². The molecule has 0 radical (unpaired) electrons. The van der Waals surface area contributed by atoms with Gasteiger partial charge in [0.15, 0.2) is 0 Å². The van der Waals surface area contributed by atoms with E-state index in [1.54, 1.807) is 0 Å². The van der Waals surface area contributed by atoms with Crippen molar-refractivity contribution < 1.29 is 0 Å². The second-order valence-corrected chi connectivity index (χ2v) is 4.67. The Kier molecular flexibility index (Phi) is 3.23. The summed E-state index contributed by atoms with van der Waals surface area (Å²) in [6.45, 7) is 2.69. The zero-order valence-electron chi connectivity index (χ0n) is 8.54. The molecule has 2 fully saturated rings. The molecule has 1 saturated carbocycles. The van der Waals surface area contributed by atoms with Crippen LogP contribution in [0.3, 0.4) is 0 Å². The lowest BCUT2D eigenvalue weighted by molar-refractivity contribution is 0.125. The van der Waals surface area contributed by atoms with Crippen molar-refractivity contribution in [3.63, 3.8) is 0 Å². The van der Waals surface area contributed by atoms with Gasteiger partial charge in [0.2, 0.25) is 0 Å². The van der Waals surface area contributed by atoms with Gasteiger partial charge in [0.1, 0.15) is 0 Å². The standard InChI is InChI=1S/C11H22N2/c12-10-4-6-11(7-5-10)13-8-2-1-3-9-13/h10-11H,1-9,12H2/t10-,11-. The second-order valence-electron chi connectivity index (χ2n) is 4.67. The van der Waals surface area contributed by atoms with Crippen LogP contribution in [0.5, 0.6) is 0 Å². The molecule has 0 bridgehead atoms. The molecule has 13 heavy (non-hydrogen) atoms. The third-order valence-corrected chi connectivity index (χ3v) is 3.65. The summed E-state index contributed by atoms with van der Waals surface area (Å²) in [5, 5.41) is 0. The molecular weight excluding hydrogens is 160 g/mol. The van der Waals surface area contributed by atoms with Gasteiger partial charge in [-0.2, -0.15) is 0 Å². The van der Waals surface area contributed by atoms with Gasteiger partial charge in [-0.1, -0.05) is 6.42 Å². The Balaban J connectivity index is 1.79. The van der Waals surface area contributed by atoms with Gasteiger partial charge in [-0.25, -0.2) is 0 Å². The predicted molar refractivity (Wildman–Crippen MR) is 55.7 cm³/mol. The number of hydrogen-bond donors (Lipinski definition) is 1. The minimum Gasteiger partial charge on any atom is -0.328 e. The predicted octanol–water partition coefficient (Wildman–Crippen LogP) is 1.74. The van der Waals surface area contributed by atoms with Crippen LogP contribution in [0.25, 0.3) is 0 Å². The first-order chi connectivity index (χ1) is 6.36. The molecule has 0 aromatic rings. The van der Waals surface area contributed by atoms with Crippen LogP contribution < -0.4 is 5.73 Å². The van der Waals surface area contributed by atoms with Crippen LogP contribution in [0.1, 0.15) is 44.9 Å². The molecule has 0 aromatic heterocycles. The molecule has 1 aliphatic heterocycles. The number of hydrogen-bond acceptors (Lipinski definition) is 2. The maximum absolute atomic E-state index is 5.91. The summed E-state index contributed by atoms with van der Waals surface area (Å²) in [5.41, 5.74) is 5.91. The van der Waals surface area contributed by atoms with Crippen molar-refractivity contribution in [3.8, 4) is 0 Å². The molecule has 1 aliphatic carbocycles. The Morgan fingerprint density at radius 3 is 2.08 bits per heavy atom. The van der Waals surface area contributed by atoms with E-state index in [4.69, 9.17) is 5.73 Å². The summed E-state index contributed by atoms with van der Waals surface area (Å²) in [5.74, 6) is 0. The number of rotatable bonds is 1. The van der Waals surface area contributed by atoms with Crippen molar-refractivity contribution in [3.05, 3.63) is 0 Å². The molecule has 0 spiro atoms. The lowest BCUT2D eigenvalue weighted by Crippen LogP contribution is -2.43. The lowest BCUT2D eigenvalue weighted by atomic mass is 9.90. The number of piperidine rings is 1. The molecule has 2 N–H and O–H groups in total. The van der Waals surface area contributed by atoms with E-state index in [2.05, 4.69) is 4.90 Å². The number of likely N-dealkylation sites (tertiary alicyclic amines) is 1. The average molecular weight is 182 g/mol. The fraction of sp³-hybridized carbons (Fsp3) is 1.00. The third-order valence-electron chi connectivity index (χ3n) is 3.65. The van der Waals surface area contributed by atoms with Crippen molar-refractivity contribution in [1.29, 1.82) is 0 Å². The maximum Gasteiger partial charge on any atom is 0.00964 e. The zero-order chi connectivity index (χ0) is 9.10. The van der Waals surface area contributed by atoms with Gasteiger partial charge in [-0.05, 0) is 51.6 Å². The summed E-state index contributed by atoms with van der Waals surface area (Å²) in [4.78, 5) is 2.70. The normalized spacial score (nSPS) is 37.6. The largest absolute Gasteiger partial charge is 0.328 e. The van der Waals surface area contributed by atoms with Crippen molar-refractivity contribution in [2.24, 2.45) is 5.73 Å². The van der Waals surface area contributed by atoms with Gasteiger partial charge in [-0.3, -0.25) is 0 Å². The van der Waals surface area contributed by atoms with Crippen LogP contribution in [-0.4, -0.2) is 30.1 Å². The molecule has 0 atom stereocenters. The summed E-state index contributed by atoms with van der Waals surface area (Å²) in [7, 11) is 0. The fourth-order valence-electron chi connectivity index (χ4n) is 2.75. The first-order valence-electron chi connectivity index (χ1n) is 5.86. The van der Waals surface area contributed by atoms with Crippen LogP contribution in [0.15, 0.2) is 0 Å². The minimum atomic E-state index is 0.501. The molecule has 2 aliphatic rings. The van der Waals surface area contributed by atoms with Crippen LogP contribution in [0, 0.1) is 0 Å². The van der Waals surface area contributed by atoms with Gasteiger partial charge in [0.05, 0.1) is 0 Å². The average Bonchev–Trinajstić information content (AvgIpc) is 2.20. The Hall–Kier alpha value is -0.0800. The topological polar surface area (TPSA) is 29.3 Å². The third kappa shape index (κ3) is 2.44. The highest BCUT2D eigenvalue weighted by Crippen LogP contribution is 2.24. The van der Waals surface area contributed by atoms with Crippen LogP contribution >= 0.6 is 0 Å². The molecule has 2 heteroatoms. The molecular formula is C11H22N2. The summed E-state index contributed by atoms with van der Waals surface area (Å²) in [6.07, 6.45) is 9.48. The summed E-state index contributed by atoms with van der Waals surface area (Å²) >= 11 is 0. The summed E-state index contributed by atoms with van der Waals surface area (Å²) < 4.78 is 0. The summed E-state index contributed by atoms with van der Waals surface area (Å²) in [6, 6.07) is 1.38. The van der Waals surface area contributed by atoms with Gasteiger partial charge < -0.3 is 10.6 Å². The fourth-order valence-corrected chi connectivity index (χ4v) is 2.75. The Morgan fingerprint density at radius 1 is 0.846 bits per heavy atom. The molecule has 0 aromatic carbocycles. The number of nitrogens with two attached hydrogens (primary N) is 1. The van der Waals surface area contributed by atoms with Crippen molar-refractivity contribution in [2.75, 3.05) is 13.1 Å². The Bertz CT molecular complexity index is 144. The van der Waals surface area contributed by atoms with E-state index in [9.17, 15) is 0 Å². The van der Waals surface area contributed by atoms with Gasteiger partial charge in [-0.15, -0.1) is 0 Å². The van der Waals surface area contributed by atoms with E-state index in [1.165, 1.54) is 58.0 Å². The first kappa shape index (κ1) is 9.47. The van der Waals surface area contributed by atoms with E-state index in [0.717, 1.165) is 6.04 Å². The Morgan fingerprint density at radius 2 is 1.46 bits per heavy atom. The van der Waals surface area contributed by atoms with Gasteiger partial charge >= 0.3 is 0 Å². The van der Waals surface area contributed by atoms with Crippen molar-refractivity contribution >= 4 is 0 Å². The van der Waals surface area contributed by atoms with Gasteiger partial charge in [0.25, 0.3) is 0 Å². The minimum absolute atomic E-state index is 0.501. The van der Waals surface area contributed by atoms with E-state index in [-0.39, 0.29) is 0 Å². The first-order valence-corrected chi connectivity index (χ1v) is 5.86. The molecule has 2 rings (SSSR count). The highest BCUT2D eigenvalue weighted by atomic mass is 15.2. The lowest BCUT2D eigenvalue weighted by Gasteiger charge is -2.38. The second kappa shape index (κ2) is 4.43. The Labute approximate surface area is 81.5 Å². The highest BCUT2D eigenvalue weighted by molar-refractivity contribution is 4.82. The quantitative estimate of drug-likeness (QED) is 0.669. The molecule has 1 saturated heterocycles. The highest BCUT2D eigenvalue weighted by Gasteiger charge is 2.24. The molecule has 1 heterocycles. The molecule has 2 nitrogen and oxygen atoms in total. The van der Waals surface area contributed by atoms with Crippen LogP contribution in [0.4, 0.5) is 0 Å². The molecule has 0 unspecified atom stereocenters. The van der Waals surface area contributed by atoms with E-state index in [0.29, 0.717) is 6.04 Å². The van der Waals surface area contributed by atoms with Crippen molar-refractivity contribution in [1.82, 2.24) is 4.90 Å².